The number of aryl methyl sites for hydroxylation is 1. The molecule has 0 unspecified atom stereocenters. The molecule has 0 atom stereocenters. The SMILES string of the molecule is CCCCCCCCCCCCCCCCOC(=O)CCCC(=O)Oc1ccc(Cl)cc1C. The van der Waals surface area contributed by atoms with E-state index in [-0.39, 0.29) is 24.8 Å². The zero-order valence-corrected chi connectivity index (χ0v) is 21.7. The van der Waals surface area contributed by atoms with Crippen molar-refractivity contribution in [3.05, 3.63) is 28.8 Å². The Balaban J connectivity index is 1.88. The van der Waals surface area contributed by atoms with E-state index in [0.717, 1.165) is 18.4 Å². The van der Waals surface area contributed by atoms with Crippen LogP contribution in [-0.2, 0) is 14.3 Å². The van der Waals surface area contributed by atoms with Gasteiger partial charge >= 0.3 is 11.9 Å². The molecule has 1 aromatic carbocycles. The lowest BCUT2D eigenvalue weighted by Crippen LogP contribution is -2.11. The summed E-state index contributed by atoms with van der Waals surface area (Å²) in [5.74, 6) is -0.0786. The Morgan fingerprint density at radius 3 is 1.79 bits per heavy atom. The quantitative estimate of drug-likeness (QED) is 0.106. The highest BCUT2D eigenvalue weighted by molar-refractivity contribution is 6.30. The molecule has 0 amide bonds. The number of unbranched alkanes of at least 4 members (excludes halogenated alkanes) is 13. The van der Waals surface area contributed by atoms with Crippen LogP contribution in [0.15, 0.2) is 18.2 Å². The standard InChI is InChI=1S/C28H45ClO4/c1-3-4-5-6-7-8-9-10-11-12-13-14-15-16-22-32-27(30)18-17-19-28(31)33-26-21-20-25(29)23-24(26)2/h20-21,23H,3-19,22H2,1-2H3. The van der Waals surface area contributed by atoms with Crippen LogP contribution in [0, 0.1) is 6.92 Å². The van der Waals surface area contributed by atoms with E-state index in [1.165, 1.54) is 77.0 Å². The Morgan fingerprint density at radius 2 is 1.24 bits per heavy atom. The molecule has 0 aliphatic carbocycles. The minimum atomic E-state index is -0.347. The normalized spacial score (nSPS) is 10.9. The van der Waals surface area contributed by atoms with Crippen molar-refractivity contribution in [2.75, 3.05) is 6.61 Å². The van der Waals surface area contributed by atoms with Gasteiger partial charge in [-0.3, -0.25) is 9.59 Å². The molecule has 1 aromatic rings. The fourth-order valence-corrected chi connectivity index (χ4v) is 4.06. The van der Waals surface area contributed by atoms with E-state index in [2.05, 4.69) is 6.92 Å². The number of benzene rings is 1. The largest absolute Gasteiger partial charge is 0.466 e. The number of esters is 2. The Morgan fingerprint density at radius 1 is 0.727 bits per heavy atom. The fourth-order valence-electron chi connectivity index (χ4n) is 3.83. The molecule has 0 radical (unpaired) electrons. The zero-order chi connectivity index (χ0) is 24.2. The van der Waals surface area contributed by atoms with Crippen molar-refractivity contribution in [1.29, 1.82) is 0 Å². The van der Waals surface area contributed by atoms with E-state index in [0.29, 0.717) is 23.8 Å². The van der Waals surface area contributed by atoms with Gasteiger partial charge in [0.25, 0.3) is 0 Å². The molecule has 0 fully saturated rings. The van der Waals surface area contributed by atoms with Gasteiger partial charge in [0.05, 0.1) is 6.61 Å². The summed E-state index contributed by atoms with van der Waals surface area (Å²) in [6.45, 7) is 4.58. The maximum Gasteiger partial charge on any atom is 0.311 e. The molecule has 0 saturated carbocycles. The van der Waals surface area contributed by atoms with Gasteiger partial charge in [0.2, 0.25) is 0 Å². The second-order valence-electron chi connectivity index (χ2n) is 9.05. The number of hydrogen-bond donors (Lipinski definition) is 0. The summed E-state index contributed by atoms with van der Waals surface area (Å²) in [6.07, 6.45) is 19.2. The molecule has 1 rings (SSSR count). The van der Waals surface area contributed by atoms with Crippen LogP contribution >= 0.6 is 11.6 Å². The molecule has 0 heterocycles. The molecule has 0 aromatic heterocycles. The summed E-state index contributed by atoms with van der Waals surface area (Å²) in [4.78, 5) is 23.8. The van der Waals surface area contributed by atoms with E-state index in [1.807, 2.05) is 6.92 Å². The molecular weight excluding hydrogens is 436 g/mol. The molecular formula is C28H45ClO4. The minimum absolute atomic E-state index is 0.190. The lowest BCUT2D eigenvalue weighted by atomic mass is 10.0. The Kier molecular flexibility index (Phi) is 17.8. The average molecular weight is 481 g/mol. The number of hydrogen-bond acceptors (Lipinski definition) is 4. The number of carbonyl (C=O) groups is 2. The van der Waals surface area contributed by atoms with Crippen molar-refractivity contribution in [3.8, 4) is 5.75 Å². The van der Waals surface area contributed by atoms with Crippen molar-refractivity contribution >= 4 is 23.5 Å². The van der Waals surface area contributed by atoms with Gasteiger partial charge in [-0.15, -0.1) is 0 Å². The van der Waals surface area contributed by atoms with Gasteiger partial charge in [-0.2, -0.15) is 0 Å². The third kappa shape index (κ3) is 16.7. The topological polar surface area (TPSA) is 52.6 Å². The van der Waals surface area contributed by atoms with Gasteiger partial charge in [0.15, 0.2) is 0 Å². The average Bonchev–Trinajstić information content (AvgIpc) is 2.78. The van der Waals surface area contributed by atoms with Crippen molar-refractivity contribution in [3.63, 3.8) is 0 Å². The molecule has 33 heavy (non-hydrogen) atoms. The number of carbonyl (C=O) groups excluding carboxylic acids is 2. The van der Waals surface area contributed by atoms with Crippen molar-refractivity contribution in [2.45, 2.75) is 123 Å². The molecule has 0 N–H and O–H groups in total. The monoisotopic (exact) mass is 480 g/mol. The first-order valence-corrected chi connectivity index (χ1v) is 13.5. The molecule has 0 aliphatic heterocycles. The van der Waals surface area contributed by atoms with Crippen LogP contribution < -0.4 is 4.74 Å². The highest BCUT2D eigenvalue weighted by Gasteiger charge is 2.10. The minimum Gasteiger partial charge on any atom is -0.466 e. The van der Waals surface area contributed by atoms with Gasteiger partial charge in [-0.05, 0) is 43.5 Å². The number of ether oxygens (including phenoxy) is 2. The summed E-state index contributed by atoms with van der Waals surface area (Å²) < 4.78 is 10.6. The first-order chi connectivity index (χ1) is 16.0. The van der Waals surface area contributed by atoms with Crippen molar-refractivity contribution in [2.24, 2.45) is 0 Å². The summed E-state index contributed by atoms with van der Waals surface area (Å²) in [7, 11) is 0. The molecule has 4 nitrogen and oxygen atoms in total. The lowest BCUT2D eigenvalue weighted by Gasteiger charge is -2.08. The summed E-state index contributed by atoms with van der Waals surface area (Å²) in [5.41, 5.74) is 0.809. The smallest absolute Gasteiger partial charge is 0.311 e. The van der Waals surface area contributed by atoms with Gasteiger partial charge in [-0.25, -0.2) is 0 Å². The Bertz CT molecular complexity index is 659. The second kappa shape index (κ2) is 19.9. The maximum atomic E-state index is 11.9. The summed E-state index contributed by atoms with van der Waals surface area (Å²) in [5, 5.41) is 0.605. The van der Waals surface area contributed by atoms with Crippen LogP contribution in [0.3, 0.4) is 0 Å². The van der Waals surface area contributed by atoms with Crippen LogP contribution in [0.25, 0.3) is 0 Å². The van der Waals surface area contributed by atoms with Crippen LogP contribution in [-0.4, -0.2) is 18.5 Å². The molecule has 0 bridgehead atoms. The van der Waals surface area contributed by atoms with Crippen LogP contribution in [0.2, 0.25) is 5.02 Å². The second-order valence-corrected chi connectivity index (χ2v) is 9.49. The molecule has 5 heteroatoms. The van der Waals surface area contributed by atoms with Crippen LogP contribution in [0.5, 0.6) is 5.75 Å². The molecule has 0 saturated heterocycles. The van der Waals surface area contributed by atoms with Gasteiger partial charge in [-0.1, -0.05) is 102 Å². The van der Waals surface area contributed by atoms with Gasteiger partial charge in [0.1, 0.15) is 5.75 Å². The summed E-state index contributed by atoms with van der Waals surface area (Å²) >= 11 is 5.90. The Labute approximate surface area is 206 Å². The maximum absolute atomic E-state index is 11.9. The predicted octanol–water partition coefficient (Wildman–Crippen LogP) is 8.75. The van der Waals surface area contributed by atoms with E-state index >= 15 is 0 Å². The van der Waals surface area contributed by atoms with E-state index < -0.39 is 0 Å². The van der Waals surface area contributed by atoms with E-state index in [1.54, 1.807) is 18.2 Å². The van der Waals surface area contributed by atoms with E-state index in [4.69, 9.17) is 21.1 Å². The number of rotatable bonds is 20. The third-order valence-corrected chi connectivity index (χ3v) is 6.12. The third-order valence-electron chi connectivity index (χ3n) is 5.88. The first kappa shape index (κ1) is 29.5. The Hall–Kier alpha value is -1.55. The van der Waals surface area contributed by atoms with Gasteiger partial charge < -0.3 is 9.47 Å². The van der Waals surface area contributed by atoms with Crippen LogP contribution in [0.1, 0.15) is 122 Å². The molecule has 188 valence electrons. The van der Waals surface area contributed by atoms with E-state index in [9.17, 15) is 9.59 Å². The van der Waals surface area contributed by atoms with Crippen molar-refractivity contribution < 1.29 is 19.1 Å². The fraction of sp³-hybridized carbons (Fsp3) is 0.714. The number of halogens is 1. The molecule has 0 spiro atoms. The van der Waals surface area contributed by atoms with Gasteiger partial charge in [0, 0.05) is 17.9 Å². The zero-order valence-electron chi connectivity index (χ0n) is 21.0. The lowest BCUT2D eigenvalue weighted by molar-refractivity contribution is -0.144. The predicted molar refractivity (Wildman–Crippen MR) is 137 cm³/mol. The highest BCUT2D eigenvalue weighted by Crippen LogP contribution is 2.22. The van der Waals surface area contributed by atoms with Crippen molar-refractivity contribution in [1.82, 2.24) is 0 Å². The molecule has 0 aliphatic rings. The van der Waals surface area contributed by atoms with Crippen LogP contribution in [0.4, 0.5) is 0 Å². The first-order valence-electron chi connectivity index (χ1n) is 13.2. The highest BCUT2D eigenvalue weighted by atomic mass is 35.5. The summed E-state index contributed by atoms with van der Waals surface area (Å²) in [6, 6.07) is 5.12.